The van der Waals surface area contributed by atoms with Gasteiger partial charge in [-0.15, -0.1) is 0 Å². The molecule has 2 rings (SSSR count). The highest BCUT2D eigenvalue weighted by molar-refractivity contribution is 5.89. The first-order valence-electron chi connectivity index (χ1n) is 7.21. The fourth-order valence-electron chi connectivity index (χ4n) is 1.94. The van der Waals surface area contributed by atoms with E-state index in [0.29, 0.717) is 24.5 Å². The molecule has 0 radical (unpaired) electrons. The summed E-state index contributed by atoms with van der Waals surface area (Å²) >= 11 is 0. The van der Waals surface area contributed by atoms with Crippen LogP contribution in [-0.2, 0) is 4.79 Å². The molecule has 120 valence electrons. The topological polar surface area (TPSA) is 104 Å². The molecule has 0 spiro atoms. The average Bonchev–Trinajstić information content (AvgIpc) is 2.52. The van der Waals surface area contributed by atoms with Gasteiger partial charge in [-0.3, -0.25) is 4.79 Å². The number of anilines is 1. The first-order chi connectivity index (χ1) is 11.0. The SMILES string of the molecule is Cc1ccnc(-c2cccc(NC(=O)NCCCC(=O)O)c2)n1. The Morgan fingerprint density at radius 2 is 2.09 bits per heavy atom. The van der Waals surface area contributed by atoms with Crippen molar-refractivity contribution in [3.05, 3.63) is 42.2 Å². The molecule has 1 heterocycles. The van der Waals surface area contributed by atoms with Crippen molar-refractivity contribution in [2.75, 3.05) is 11.9 Å². The number of benzene rings is 1. The first kappa shape index (κ1) is 16.4. The standard InChI is InChI=1S/C16H18N4O3/c1-11-7-9-17-15(19-11)12-4-2-5-13(10-12)20-16(23)18-8-3-6-14(21)22/h2,4-5,7,9-10H,3,6,8H2,1H3,(H,21,22)(H2,18,20,23). The number of carbonyl (C=O) groups is 2. The highest BCUT2D eigenvalue weighted by atomic mass is 16.4. The fraction of sp³-hybridized carbons (Fsp3) is 0.250. The molecule has 0 bridgehead atoms. The van der Waals surface area contributed by atoms with E-state index in [4.69, 9.17) is 5.11 Å². The molecule has 1 aromatic heterocycles. The van der Waals surface area contributed by atoms with Crippen molar-refractivity contribution in [1.29, 1.82) is 0 Å². The largest absolute Gasteiger partial charge is 0.481 e. The number of rotatable bonds is 6. The predicted octanol–water partition coefficient (Wildman–Crippen LogP) is 2.44. The quantitative estimate of drug-likeness (QED) is 0.710. The molecule has 7 nitrogen and oxygen atoms in total. The summed E-state index contributed by atoms with van der Waals surface area (Å²) in [5, 5.41) is 13.8. The average molecular weight is 314 g/mol. The van der Waals surface area contributed by atoms with Crippen LogP contribution >= 0.6 is 0 Å². The van der Waals surface area contributed by atoms with Crippen LogP contribution in [0.15, 0.2) is 36.5 Å². The third kappa shape index (κ3) is 5.39. The minimum Gasteiger partial charge on any atom is -0.481 e. The summed E-state index contributed by atoms with van der Waals surface area (Å²) in [6.07, 6.45) is 2.10. The fourth-order valence-corrected chi connectivity index (χ4v) is 1.94. The molecule has 0 saturated heterocycles. The molecule has 7 heteroatoms. The van der Waals surface area contributed by atoms with Crippen LogP contribution in [0.25, 0.3) is 11.4 Å². The lowest BCUT2D eigenvalue weighted by Crippen LogP contribution is -2.29. The summed E-state index contributed by atoms with van der Waals surface area (Å²) < 4.78 is 0. The molecule has 23 heavy (non-hydrogen) atoms. The zero-order chi connectivity index (χ0) is 16.7. The van der Waals surface area contributed by atoms with Gasteiger partial charge in [0, 0.05) is 36.1 Å². The van der Waals surface area contributed by atoms with Crippen LogP contribution in [0.3, 0.4) is 0 Å². The summed E-state index contributed by atoms with van der Waals surface area (Å²) in [4.78, 5) is 30.7. The maximum absolute atomic E-state index is 11.8. The molecule has 0 unspecified atom stereocenters. The van der Waals surface area contributed by atoms with Gasteiger partial charge in [0.25, 0.3) is 0 Å². The van der Waals surface area contributed by atoms with E-state index in [-0.39, 0.29) is 12.5 Å². The van der Waals surface area contributed by atoms with E-state index >= 15 is 0 Å². The molecule has 0 aliphatic carbocycles. The van der Waals surface area contributed by atoms with E-state index in [2.05, 4.69) is 20.6 Å². The lowest BCUT2D eigenvalue weighted by molar-refractivity contribution is -0.137. The van der Waals surface area contributed by atoms with Gasteiger partial charge in [0.2, 0.25) is 0 Å². The van der Waals surface area contributed by atoms with Crippen molar-refractivity contribution >= 4 is 17.7 Å². The summed E-state index contributed by atoms with van der Waals surface area (Å²) in [5.41, 5.74) is 2.28. The molecule has 3 N–H and O–H groups in total. The Morgan fingerprint density at radius 1 is 1.26 bits per heavy atom. The van der Waals surface area contributed by atoms with E-state index in [0.717, 1.165) is 11.3 Å². The molecule has 0 saturated carbocycles. The molecule has 0 aliphatic rings. The molecule has 0 fully saturated rings. The van der Waals surface area contributed by atoms with Crippen molar-refractivity contribution in [3.63, 3.8) is 0 Å². The van der Waals surface area contributed by atoms with Crippen molar-refractivity contribution in [2.24, 2.45) is 0 Å². The number of carboxylic acids is 1. The van der Waals surface area contributed by atoms with Crippen molar-refractivity contribution in [1.82, 2.24) is 15.3 Å². The number of nitrogens with zero attached hydrogens (tertiary/aromatic N) is 2. The van der Waals surface area contributed by atoms with Crippen LogP contribution in [-0.4, -0.2) is 33.6 Å². The number of aliphatic carboxylic acids is 1. The number of aromatic nitrogens is 2. The second-order valence-electron chi connectivity index (χ2n) is 4.98. The van der Waals surface area contributed by atoms with Crippen LogP contribution in [0.1, 0.15) is 18.5 Å². The normalized spacial score (nSPS) is 10.1. The first-order valence-corrected chi connectivity index (χ1v) is 7.21. The highest BCUT2D eigenvalue weighted by Gasteiger charge is 2.05. The number of aryl methyl sites for hydroxylation is 1. The summed E-state index contributed by atoms with van der Waals surface area (Å²) in [7, 11) is 0. The number of amides is 2. The van der Waals surface area contributed by atoms with Gasteiger partial charge in [-0.25, -0.2) is 14.8 Å². The van der Waals surface area contributed by atoms with Crippen molar-refractivity contribution in [2.45, 2.75) is 19.8 Å². The summed E-state index contributed by atoms with van der Waals surface area (Å²) in [6, 6.07) is 8.65. The molecular weight excluding hydrogens is 296 g/mol. The highest BCUT2D eigenvalue weighted by Crippen LogP contribution is 2.19. The number of carbonyl (C=O) groups excluding carboxylic acids is 1. The Morgan fingerprint density at radius 3 is 2.83 bits per heavy atom. The van der Waals surface area contributed by atoms with E-state index in [9.17, 15) is 9.59 Å². The van der Waals surface area contributed by atoms with Gasteiger partial charge in [-0.1, -0.05) is 12.1 Å². The van der Waals surface area contributed by atoms with Crippen LogP contribution in [0.4, 0.5) is 10.5 Å². The predicted molar refractivity (Wildman–Crippen MR) is 86.1 cm³/mol. The maximum Gasteiger partial charge on any atom is 0.319 e. The monoisotopic (exact) mass is 314 g/mol. The van der Waals surface area contributed by atoms with Crippen LogP contribution in [0, 0.1) is 6.92 Å². The van der Waals surface area contributed by atoms with Gasteiger partial charge >= 0.3 is 12.0 Å². The van der Waals surface area contributed by atoms with Gasteiger partial charge in [0.15, 0.2) is 5.82 Å². The van der Waals surface area contributed by atoms with Gasteiger partial charge in [-0.2, -0.15) is 0 Å². The Labute approximate surface area is 133 Å². The molecule has 1 aromatic carbocycles. The molecule has 2 aromatic rings. The maximum atomic E-state index is 11.8. The molecule has 0 aliphatic heterocycles. The number of hydrogen-bond acceptors (Lipinski definition) is 4. The van der Waals surface area contributed by atoms with E-state index in [1.165, 1.54) is 0 Å². The van der Waals surface area contributed by atoms with Gasteiger partial charge < -0.3 is 15.7 Å². The zero-order valence-corrected chi connectivity index (χ0v) is 12.7. The van der Waals surface area contributed by atoms with Crippen LogP contribution in [0.5, 0.6) is 0 Å². The van der Waals surface area contributed by atoms with Crippen LogP contribution < -0.4 is 10.6 Å². The Balaban J connectivity index is 1.95. The molecule has 0 atom stereocenters. The van der Waals surface area contributed by atoms with Crippen molar-refractivity contribution in [3.8, 4) is 11.4 Å². The zero-order valence-electron chi connectivity index (χ0n) is 12.7. The minimum absolute atomic E-state index is 0.0282. The third-order valence-corrected chi connectivity index (χ3v) is 3.03. The lowest BCUT2D eigenvalue weighted by Gasteiger charge is -2.08. The van der Waals surface area contributed by atoms with E-state index in [1.807, 2.05) is 19.1 Å². The second-order valence-corrected chi connectivity index (χ2v) is 4.98. The molecule has 2 amide bonds. The van der Waals surface area contributed by atoms with Crippen LogP contribution in [0.2, 0.25) is 0 Å². The number of urea groups is 1. The van der Waals surface area contributed by atoms with Gasteiger partial charge in [0.1, 0.15) is 0 Å². The summed E-state index contributed by atoms with van der Waals surface area (Å²) in [6.45, 7) is 2.19. The number of hydrogen-bond donors (Lipinski definition) is 3. The Kier molecular flexibility index (Phi) is 5.62. The second kappa shape index (κ2) is 7.88. The van der Waals surface area contributed by atoms with E-state index in [1.54, 1.807) is 24.4 Å². The number of carboxylic acid groups (broad SMARTS) is 1. The minimum atomic E-state index is -0.877. The smallest absolute Gasteiger partial charge is 0.319 e. The van der Waals surface area contributed by atoms with E-state index < -0.39 is 5.97 Å². The number of nitrogens with one attached hydrogen (secondary N) is 2. The molecular formula is C16H18N4O3. The summed E-state index contributed by atoms with van der Waals surface area (Å²) in [5.74, 6) is -0.284. The van der Waals surface area contributed by atoms with Gasteiger partial charge in [0.05, 0.1) is 0 Å². The Bertz CT molecular complexity index is 703. The van der Waals surface area contributed by atoms with Gasteiger partial charge in [-0.05, 0) is 31.5 Å². The lowest BCUT2D eigenvalue weighted by atomic mass is 10.2. The third-order valence-electron chi connectivity index (χ3n) is 3.03. The Hall–Kier alpha value is -2.96. The van der Waals surface area contributed by atoms with Crippen molar-refractivity contribution < 1.29 is 14.7 Å².